The first-order valence-electron chi connectivity index (χ1n) is 8.71. The third kappa shape index (κ3) is 4.31. The number of carbonyl (C=O) groups excluding carboxylic acids is 1. The van der Waals surface area contributed by atoms with Crippen molar-refractivity contribution in [2.75, 3.05) is 24.4 Å². The molecule has 1 aliphatic rings. The third-order valence-corrected chi connectivity index (χ3v) is 4.43. The second kappa shape index (κ2) is 8.26. The van der Waals surface area contributed by atoms with E-state index in [1.54, 1.807) is 19.2 Å². The molecule has 0 fully saturated rings. The molecule has 0 saturated heterocycles. The molecule has 2 unspecified atom stereocenters. The molecule has 2 aromatic rings. The van der Waals surface area contributed by atoms with Gasteiger partial charge in [-0.25, -0.2) is 8.78 Å². The molecule has 0 aromatic heterocycles. The Morgan fingerprint density at radius 1 is 1.30 bits per heavy atom. The van der Waals surface area contributed by atoms with Crippen LogP contribution in [0, 0.1) is 11.6 Å². The molecule has 2 N–H and O–H groups in total. The summed E-state index contributed by atoms with van der Waals surface area (Å²) in [4.78, 5) is 16.3. The Hall–Kier alpha value is -2.80. The van der Waals surface area contributed by atoms with Crippen LogP contribution in [0.5, 0.6) is 0 Å². The summed E-state index contributed by atoms with van der Waals surface area (Å²) in [7, 11) is 1.60. The first kappa shape index (κ1) is 19.0. The van der Waals surface area contributed by atoms with Crippen molar-refractivity contribution in [2.24, 2.45) is 4.99 Å². The molecule has 0 aliphatic carbocycles. The van der Waals surface area contributed by atoms with Crippen LogP contribution in [0.25, 0.3) is 0 Å². The Bertz CT molecular complexity index is 870. The van der Waals surface area contributed by atoms with Gasteiger partial charge in [0.25, 0.3) is 0 Å². The zero-order valence-corrected chi connectivity index (χ0v) is 15.1. The first-order valence-corrected chi connectivity index (χ1v) is 8.71. The van der Waals surface area contributed by atoms with Crippen molar-refractivity contribution in [3.8, 4) is 0 Å². The van der Waals surface area contributed by atoms with Crippen LogP contribution in [0.1, 0.15) is 24.8 Å². The lowest BCUT2D eigenvalue weighted by molar-refractivity contribution is -0.115. The highest BCUT2D eigenvalue weighted by atomic mass is 19.1. The van der Waals surface area contributed by atoms with E-state index < -0.39 is 17.6 Å². The Labute approximate surface area is 156 Å². The Morgan fingerprint density at radius 3 is 2.81 bits per heavy atom. The zero-order chi connectivity index (χ0) is 19.4. The van der Waals surface area contributed by atoms with Crippen molar-refractivity contribution in [1.82, 2.24) is 0 Å². The fraction of sp³-hybridized carbons (Fsp3) is 0.300. The summed E-state index contributed by atoms with van der Waals surface area (Å²) < 4.78 is 32.9. The molecule has 0 radical (unpaired) electrons. The van der Waals surface area contributed by atoms with Crippen LogP contribution in [0.15, 0.2) is 41.4 Å². The van der Waals surface area contributed by atoms with Gasteiger partial charge >= 0.3 is 0 Å². The normalized spacial score (nSPS) is 17.0. The van der Waals surface area contributed by atoms with Crippen molar-refractivity contribution in [3.05, 3.63) is 53.6 Å². The molecule has 2 atom stereocenters. The van der Waals surface area contributed by atoms with Crippen LogP contribution in [-0.4, -0.2) is 31.9 Å². The van der Waals surface area contributed by atoms with E-state index in [-0.39, 0.29) is 11.9 Å². The number of amides is 1. The van der Waals surface area contributed by atoms with Gasteiger partial charge < -0.3 is 15.4 Å². The number of hydrogen-bond acceptors (Lipinski definition) is 4. The van der Waals surface area contributed by atoms with Crippen LogP contribution < -0.4 is 10.6 Å². The topological polar surface area (TPSA) is 62.7 Å². The molecule has 1 aliphatic heterocycles. The standard InChI is InChI=1S/C20H21F2N3O2/c1-3-13(11-27-2)24-19-7-5-14(9-17(19)22)23-10-16-15-8-12(21)4-6-18(15)25-20(16)26/h4-10,13,16,24H,3,11H2,1-2H3,(H,25,26). The molecule has 0 spiro atoms. The number of carbonyl (C=O) groups is 1. The molecule has 142 valence electrons. The summed E-state index contributed by atoms with van der Waals surface area (Å²) in [5.41, 5.74) is 1.82. The molecule has 0 saturated carbocycles. The summed E-state index contributed by atoms with van der Waals surface area (Å²) >= 11 is 0. The number of rotatable bonds is 7. The molecular formula is C20H21F2N3O2. The van der Waals surface area contributed by atoms with Gasteiger partial charge in [-0.05, 0) is 42.3 Å². The van der Waals surface area contributed by atoms with Gasteiger partial charge in [-0.2, -0.15) is 0 Å². The highest BCUT2D eigenvalue weighted by Crippen LogP contribution is 2.32. The van der Waals surface area contributed by atoms with E-state index in [0.717, 1.165) is 6.42 Å². The molecular weight excluding hydrogens is 352 g/mol. The summed E-state index contributed by atoms with van der Waals surface area (Å²) in [5, 5.41) is 5.77. The fourth-order valence-electron chi connectivity index (χ4n) is 2.95. The number of hydrogen-bond donors (Lipinski definition) is 2. The second-order valence-electron chi connectivity index (χ2n) is 6.35. The molecule has 5 nitrogen and oxygen atoms in total. The van der Waals surface area contributed by atoms with Crippen molar-refractivity contribution in [3.63, 3.8) is 0 Å². The molecule has 27 heavy (non-hydrogen) atoms. The molecule has 1 amide bonds. The lowest BCUT2D eigenvalue weighted by Gasteiger charge is -2.17. The minimum atomic E-state index is -0.706. The highest BCUT2D eigenvalue weighted by Gasteiger charge is 2.29. The molecule has 1 heterocycles. The predicted octanol–water partition coefficient (Wildman–Crippen LogP) is 4.24. The molecule has 0 bridgehead atoms. The maximum Gasteiger partial charge on any atom is 0.237 e. The van der Waals surface area contributed by atoms with Gasteiger partial charge in [0.1, 0.15) is 17.6 Å². The van der Waals surface area contributed by atoms with Crippen LogP contribution >= 0.6 is 0 Å². The second-order valence-corrected chi connectivity index (χ2v) is 6.35. The van der Waals surface area contributed by atoms with Crippen molar-refractivity contribution in [2.45, 2.75) is 25.3 Å². The number of fused-ring (bicyclic) bond motifs is 1. The van der Waals surface area contributed by atoms with Gasteiger partial charge in [-0.15, -0.1) is 0 Å². The smallest absolute Gasteiger partial charge is 0.237 e. The van der Waals surface area contributed by atoms with E-state index in [1.165, 1.54) is 30.5 Å². The minimum Gasteiger partial charge on any atom is -0.383 e. The van der Waals surface area contributed by atoms with Crippen LogP contribution in [-0.2, 0) is 9.53 Å². The van der Waals surface area contributed by atoms with E-state index in [0.29, 0.717) is 29.2 Å². The predicted molar refractivity (Wildman–Crippen MR) is 102 cm³/mol. The zero-order valence-electron chi connectivity index (χ0n) is 15.1. The fourth-order valence-corrected chi connectivity index (χ4v) is 2.95. The Balaban J connectivity index is 1.76. The quantitative estimate of drug-likeness (QED) is 0.714. The van der Waals surface area contributed by atoms with Crippen molar-refractivity contribution in [1.29, 1.82) is 0 Å². The largest absolute Gasteiger partial charge is 0.383 e. The average molecular weight is 373 g/mol. The van der Waals surface area contributed by atoms with E-state index in [9.17, 15) is 13.6 Å². The van der Waals surface area contributed by atoms with Gasteiger partial charge in [0.15, 0.2) is 0 Å². The third-order valence-electron chi connectivity index (χ3n) is 4.43. The number of nitrogens with one attached hydrogen (secondary N) is 2. The maximum atomic E-state index is 14.4. The number of anilines is 2. The van der Waals surface area contributed by atoms with Gasteiger partial charge in [0, 0.05) is 31.1 Å². The van der Waals surface area contributed by atoms with Crippen LogP contribution in [0.2, 0.25) is 0 Å². The summed E-state index contributed by atoms with van der Waals surface area (Å²) in [5.74, 6) is -1.86. The van der Waals surface area contributed by atoms with Crippen LogP contribution in [0.4, 0.5) is 25.8 Å². The summed E-state index contributed by atoms with van der Waals surface area (Å²) in [6, 6.07) is 8.65. The molecule has 2 aromatic carbocycles. The summed E-state index contributed by atoms with van der Waals surface area (Å²) in [6.07, 6.45) is 2.20. The first-order chi connectivity index (χ1) is 13.0. The van der Waals surface area contributed by atoms with Gasteiger partial charge in [-0.3, -0.25) is 9.79 Å². The lowest BCUT2D eigenvalue weighted by Crippen LogP contribution is -2.24. The molecule has 3 rings (SSSR count). The van der Waals surface area contributed by atoms with E-state index in [4.69, 9.17) is 4.74 Å². The number of benzene rings is 2. The average Bonchev–Trinajstić information content (AvgIpc) is 2.95. The van der Waals surface area contributed by atoms with Gasteiger partial charge in [0.05, 0.1) is 18.0 Å². The maximum absolute atomic E-state index is 14.4. The van der Waals surface area contributed by atoms with E-state index in [2.05, 4.69) is 15.6 Å². The number of ether oxygens (including phenoxy) is 1. The van der Waals surface area contributed by atoms with Crippen LogP contribution in [0.3, 0.4) is 0 Å². The molecule has 7 heteroatoms. The van der Waals surface area contributed by atoms with Gasteiger partial charge in [0.2, 0.25) is 5.91 Å². The van der Waals surface area contributed by atoms with Crippen molar-refractivity contribution >= 4 is 29.2 Å². The number of nitrogens with zero attached hydrogens (tertiary/aromatic N) is 1. The highest BCUT2D eigenvalue weighted by molar-refractivity contribution is 6.12. The number of halogens is 2. The minimum absolute atomic E-state index is 0.00688. The number of aliphatic imine (C=N–C) groups is 1. The lowest BCUT2D eigenvalue weighted by atomic mass is 10.0. The SMILES string of the molecule is CCC(COC)Nc1ccc(N=CC2C(=O)Nc3ccc(F)cc32)cc1F. The van der Waals surface area contributed by atoms with E-state index in [1.807, 2.05) is 6.92 Å². The van der Waals surface area contributed by atoms with E-state index >= 15 is 0 Å². The Morgan fingerprint density at radius 2 is 2.11 bits per heavy atom. The van der Waals surface area contributed by atoms with Crippen molar-refractivity contribution < 1.29 is 18.3 Å². The summed E-state index contributed by atoms with van der Waals surface area (Å²) in [6.45, 7) is 2.46. The number of methoxy groups -OCH3 is 1. The monoisotopic (exact) mass is 373 g/mol. The van der Waals surface area contributed by atoms with Gasteiger partial charge in [-0.1, -0.05) is 6.92 Å². The Kier molecular flexibility index (Phi) is 5.81.